The summed E-state index contributed by atoms with van der Waals surface area (Å²) in [6.07, 6.45) is 7.36. The van der Waals surface area contributed by atoms with Crippen molar-refractivity contribution in [2.24, 2.45) is 11.7 Å². The van der Waals surface area contributed by atoms with Gasteiger partial charge in [0.15, 0.2) is 0 Å². The van der Waals surface area contributed by atoms with Gasteiger partial charge in [-0.2, -0.15) is 0 Å². The van der Waals surface area contributed by atoms with E-state index in [2.05, 4.69) is 37.3 Å². The Bertz CT molecular complexity index is 319. The van der Waals surface area contributed by atoms with Crippen LogP contribution in [0.15, 0.2) is 30.3 Å². The van der Waals surface area contributed by atoms with Crippen LogP contribution in [0.1, 0.15) is 44.6 Å². The molecule has 0 bridgehead atoms. The molecule has 2 atom stereocenters. The Morgan fingerprint density at radius 1 is 1.19 bits per heavy atom. The molecule has 0 radical (unpaired) electrons. The average Bonchev–Trinajstić information content (AvgIpc) is 2.43. The number of rotatable bonds is 2. The third-order valence-corrected chi connectivity index (χ3v) is 3.91. The summed E-state index contributed by atoms with van der Waals surface area (Å²) < 4.78 is 0. The van der Waals surface area contributed by atoms with Crippen LogP contribution in [0.4, 0.5) is 0 Å². The number of nitrogens with two attached hydrogens (primary N) is 1. The molecule has 16 heavy (non-hydrogen) atoms. The largest absolute Gasteiger partial charge is 0.325 e. The van der Waals surface area contributed by atoms with Crippen LogP contribution >= 0.6 is 0 Å². The Morgan fingerprint density at radius 3 is 2.69 bits per heavy atom. The van der Waals surface area contributed by atoms with Gasteiger partial charge >= 0.3 is 0 Å². The molecule has 1 aromatic carbocycles. The fraction of sp³-hybridized carbons (Fsp3) is 0.600. The van der Waals surface area contributed by atoms with Crippen LogP contribution in [0.25, 0.3) is 0 Å². The zero-order chi connectivity index (χ0) is 11.4. The second-order valence-corrected chi connectivity index (χ2v) is 5.56. The lowest BCUT2D eigenvalue weighted by atomic mass is 9.84. The highest BCUT2D eigenvalue weighted by atomic mass is 14.7. The van der Waals surface area contributed by atoms with E-state index in [1.807, 2.05) is 0 Å². The molecular formula is C15H23N. The van der Waals surface area contributed by atoms with E-state index in [1.54, 1.807) is 0 Å². The molecular weight excluding hydrogens is 194 g/mol. The molecule has 1 fully saturated rings. The normalized spacial score (nSPS) is 31.0. The van der Waals surface area contributed by atoms with E-state index in [0.29, 0.717) is 0 Å². The van der Waals surface area contributed by atoms with Gasteiger partial charge in [-0.1, -0.05) is 50.1 Å². The molecule has 0 aliphatic heterocycles. The Balaban J connectivity index is 2.02. The summed E-state index contributed by atoms with van der Waals surface area (Å²) in [7, 11) is 0. The van der Waals surface area contributed by atoms with E-state index < -0.39 is 0 Å². The minimum atomic E-state index is 0.0477. The van der Waals surface area contributed by atoms with Gasteiger partial charge in [0.05, 0.1) is 0 Å². The Hall–Kier alpha value is -0.820. The first-order valence-electron chi connectivity index (χ1n) is 6.51. The topological polar surface area (TPSA) is 26.0 Å². The third kappa shape index (κ3) is 3.08. The monoisotopic (exact) mass is 217 g/mol. The molecule has 0 aromatic heterocycles. The summed E-state index contributed by atoms with van der Waals surface area (Å²) in [5.41, 5.74) is 7.99. The van der Waals surface area contributed by atoms with Crippen molar-refractivity contribution in [2.75, 3.05) is 0 Å². The van der Waals surface area contributed by atoms with Crippen molar-refractivity contribution in [1.82, 2.24) is 0 Å². The van der Waals surface area contributed by atoms with Crippen LogP contribution in [0.3, 0.4) is 0 Å². The second kappa shape index (κ2) is 5.01. The van der Waals surface area contributed by atoms with Crippen molar-refractivity contribution in [1.29, 1.82) is 0 Å². The van der Waals surface area contributed by atoms with Gasteiger partial charge in [0.2, 0.25) is 0 Å². The Kier molecular flexibility index (Phi) is 3.65. The van der Waals surface area contributed by atoms with Crippen LogP contribution in [-0.4, -0.2) is 5.54 Å². The number of hydrogen-bond acceptors (Lipinski definition) is 1. The van der Waals surface area contributed by atoms with E-state index in [4.69, 9.17) is 5.73 Å². The highest BCUT2D eigenvalue weighted by Gasteiger charge is 2.28. The second-order valence-electron chi connectivity index (χ2n) is 5.56. The van der Waals surface area contributed by atoms with Gasteiger partial charge < -0.3 is 5.73 Å². The Morgan fingerprint density at radius 2 is 1.94 bits per heavy atom. The molecule has 2 unspecified atom stereocenters. The maximum absolute atomic E-state index is 6.55. The SMILES string of the molecule is CC1CCCC(N)(Cc2ccccc2)CC1. The van der Waals surface area contributed by atoms with Crippen molar-refractivity contribution in [2.45, 2.75) is 51.0 Å². The first-order chi connectivity index (χ1) is 7.68. The summed E-state index contributed by atoms with van der Waals surface area (Å²) in [4.78, 5) is 0. The van der Waals surface area contributed by atoms with Crippen LogP contribution < -0.4 is 5.73 Å². The molecule has 0 saturated heterocycles. The first kappa shape index (κ1) is 11.7. The molecule has 1 nitrogen and oxygen atoms in total. The van der Waals surface area contributed by atoms with Gasteiger partial charge in [-0.3, -0.25) is 0 Å². The molecule has 2 N–H and O–H groups in total. The van der Waals surface area contributed by atoms with Gasteiger partial charge in [-0.15, -0.1) is 0 Å². The fourth-order valence-electron chi connectivity index (χ4n) is 2.78. The van der Waals surface area contributed by atoms with Crippen LogP contribution in [0, 0.1) is 5.92 Å². The zero-order valence-electron chi connectivity index (χ0n) is 10.3. The summed E-state index contributed by atoms with van der Waals surface area (Å²) in [6.45, 7) is 2.36. The van der Waals surface area contributed by atoms with Crippen molar-refractivity contribution in [3.63, 3.8) is 0 Å². The lowest BCUT2D eigenvalue weighted by Crippen LogP contribution is -2.41. The minimum absolute atomic E-state index is 0.0477. The molecule has 2 rings (SSSR count). The lowest BCUT2D eigenvalue weighted by molar-refractivity contribution is 0.363. The molecule has 0 amide bonds. The van der Waals surface area contributed by atoms with Crippen LogP contribution in [-0.2, 0) is 6.42 Å². The molecule has 1 saturated carbocycles. The minimum Gasteiger partial charge on any atom is -0.325 e. The van der Waals surface area contributed by atoms with Crippen molar-refractivity contribution in [3.05, 3.63) is 35.9 Å². The first-order valence-corrected chi connectivity index (χ1v) is 6.51. The fourth-order valence-corrected chi connectivity index (χ4v) is 2.78. The smallest absolute Gasteiger partial charge is 0.0195 e. The molecule has 0 heterocycles. The van der Waals surface area contributed by atoms with Crippen molar-refractivity contribution in [3.8, 4) is 0 Å². The maximum atomic E-state index is 6.55. The predicted octanol–water partition coefficient (Wildman–Crippen LogP) is 3.53. The number of benzene rings is 1. The molecule has 0 spiro atoms. The van der Waals surface area contributed by atoms with E-state index >= 15 is 0 Å². The van der Waals surface area contributed by atoms with Gasteiger partial charge in [-0.05, 0) is 37.2 Å². The highest BCUT2D eigenvalue weighted by molar-refractivity contribution is 5.17. The van der Waals surface area contributed by atoms with Crippen molar-refractivity contribution >= 4 is 0 Å². The average molecular weight is 217 g/mol. The zero-order valence-corrected chi connectivity index (χ0v) is 10.3. The van der Waals surface area contributed by atoms with Crippen molar-refractivity contribution < 1.29 is 0 Å². The van der Waals surface area contributed by atoms with E-state index in [1.165, 1.54) is 37.7 Å². The summed E-state index contributed by atoms with van der Waals surface area (Å²) in [5.74, 6) is 0.862. The van der Waals surface area contributed by atoms with Gasteiger partial charge in [0.25, 0.3) is 0 Å². The molecule has 1 aromatic rings. The molecule has 1 aliphatic rings. The van der Waals surface area contributed by atoms with E-state index in [0.717, 1.165) is 12.3 Å². The van der Waals surface area contributed by atoms with Crippen LogP contribution in [0.2, 0.25) is 0 Å². The van der Waals surface area contributed by atoms with Gasteiger partial charge in [0.1, 0.15) is 0 Å². The third-order valence-electron chi connectivity index (χ3n) is 3.91. The lowest BCUT2D eigenvalue weighted by Gasteiger charge is -2.28. The standard InChI is InChI=1S/C15H23N/c1-13-6-5-10-15(16,11-9-13)12-14-7-3-2-4-8-14/h2-4,7-8,13H,5-6,9-12,16H2,1H3. The maximum Gasteiger partial charge on any atom is 0.0195 e. The van der Waals surface area contributed by atoms with E-state index in [9.17, 15) is 0 Å². The summed E-state index contributed by atoms with van der Waals surface area (Å²) in [5, 5.41) is 0. The molecule has 1 aliphatic carbocycles. The highest BCUT2D eigenvalue weighted by Crippen LogP contribution is 2.30. The molecule has 1 heteroatoms. The number of hydrogen-bond donors (Lipinski definition) is 1. The van der Waals surface area contributed by atoms with E-state index in [-0.39, 0.29) is 5.54 Å². The van der Waals surface area contributed by atoms with Gasteiger partial charge in [-0.25, -0.2) is 0 Å². The quantitative estimate of drug-likeness (QED) is 0.754. The summed E-state index contributed by atoms with van der Waals surface area (Å²) >= 11 is 0. The van der Waals surface area contributed by atoms with Gasteiger partial charge in [0, 0.05) is 5.54 Å². The Labute approximate surface area is 99.0 Å². The predicted molar refractivity (Wildman–Crippen MR) is 69.3 cm³/mol. The van der Waals surface area contributed by atoms with Crippen LogP contribution in [0.5, 0.6) is 0 Å². The molecule has 88 valence electrons. The summed E-state index contributed by atoms with van der Waals surface area (Å²) in [6, 6.07) is 10.7.